The SMILES string of the molecule is Cc1ccc(-c2nc(Cl)cc(Cl)n2)o1.Cc1ccc(-c2nc(Cl)cc(NN)n2)o1.NN.O. The number of anilines is 1. The number of furan rings is 2. The zero-order valence-electron chi connectivity index (χ0n) is 16.9. The van der Waals surface area contributed by atoms with Crippen molar-refractivity contribution in [1.82, 2.24) is 19.9 Å². The molecule has 14 heteroatoms. The molecule has 4 heterocycles. The Kier molecular flexibility index (Phi) is 11.0. The lowest BCUT2D eigenvalue weighted by atomic mass is 10.4. The van der Waals surface area contributed by atoms with Gasteiger partial charge in [-0.15, -0.1) is 0 Å². The molecule has 0 atom stereocenters. The quantitative estimate of drug-likeness (QED) is 0.182. The number of nitrogen functional groups attached to an aromatic ring is 1. The third kappa shape index (κ3) is 7.73. The van der Waals surface area contributed by atoms with Crippen LogP contribution in [0.1, 0.15) is 11.5 Å². The molecule has 0 aliphatic rings. The van der Waals surface area contributed by atoms with Gasteiger partial charge in [0.25, 0.3) is 0 Å². The molecule has 11 nitrogen and oxygen atoms in total. The van der Waals surface area contributed by atoms with Crippen molar-refractivity contribution < 1.29 is 14.3 Å². The van der Waals surface area contributed by atoms with Crippen molar-refractivity contribution in [3.63, 3.8) is 0 Å². The lowest BCUT2D eigenvalue weighted by Gasteiger charge is -2.01. The number of nitrogens with two attached hydrogens (primary N) is 3. The van der Waals surface area contributed by atoms with Gasteiger partial charge in [-0.2, -0.15) is 0 Å². The summed E-state index contributed by atoms with van der Waals surface area (Å²) in [6.07, 6.45) is 0. The molecule has 0 amide bonds. The zero-order chi connectivity index (χ0) is 23.0. The summed E-state index contributed by atoms with van der Waals surface area (Å²) in [6.45, 7) is 3.69. The predicted molar refractivity (Wildman–Crippen MR) is 124 cm³/mol. The molecule has 0 fully saturated rings. The van der Waals surface area contributed by atoms with E-state index in [0.29, 0.717) is 44.4 Å². The van der Waals surface area contributed by atoms with E-state index >= 15 is 0 Å². The molecule has 32 heavy (non-hydrogen) atoms. The van der Waals surface area contributed by atoms with Crippen LogP contribution in [0.25, 0.3) is 23.2 Å². The minimum atomic E-state index is 0. The van der Waals surface area contributed by atoms with Crippen LogP contribution in [0, 0.1) is 13.8 Å². The van der Waals surface area contributed by atoms with E-state index in [0.717, 1.165) is 11.5 Å². The molecule has 0 unspecified atom stereocenters. The molecule has 0 bridgehead atoms. The monoisotopic (exact) mass is 502 g/mol. The predicted octanol–water partition coefficient (Wildman–Crippen LogP) is 3.33. The topological polar surface area (TPSA) is 199 Å². The number of hydrogen-bond donors (Lipinski definition) is 4. The van der Waals surface area contributed by atoms with Crippen molar-refractivity contribution in [2.45, 2.75) is 13.8 Å². The van der Waals surface area contributed by atoms with Gasteiger partial charge in [0.1, 0.15) is 32.8 Å². The smallest absolute Gasteiger partial charge is 0.199 e. The summed E-state index contributed by atoms with van der Waals surface area (Å²) in [5.41, 5.74) is 2.41. The molecule has 4 aromatic rings. The van der Waals surface area contributed by atoms with Gasteiger partial charge in [-0.05, 0) is 38.1 Å². The summed E-state index contributed by atoms with van der Waals surface area (Å²) < 4.78 is 10.7. The summed E-state index contributed by atoms with van der Waals surface area (Å²) in [5, 5.41) is 0.908. The van der Waals surface area contributed by atoms with Gasteiger partial charge in [0.15, 0.2) is 23.2 Å². The van der Waals surface area contributed by atoms with E-state index in [1.54, 1.807) is 12.1 Å². The van der Waals surface area contributed by atoms with Crippen molar-refractivity contribution >= 4 is 40.6 Å². The van der Waals surface area contributed by atoms with E-state index < -0.39 is 0 Å². The fourth-order valence-electron chi connectivity index (χ4n) is 2.21. The van der Waals surface area contributed by atoms with Crippen LogP contribution in [0.2, 0.25) is 15.5 Å². The van der Waals surface area contributed by atoms with Gasteiger partial charge >= 0.3 is 0 Å². The zero-order valence-corrected chi connectivity index (χ0v) is 19.2. The van der Waals surface area contributed by atoms with Crippen LogP contribution in [0.3, 0.4) is 0 Å². The standard InChI is InChI=1S/C9H6Cl2N2O.C9H9ClN4O.H4N2.H2O/c1-5-2-3-6(14-5)9-12-7(10)4-8(11)13-9;1-5-2-3-6(15-5)9-12-7(10)4-8(13-9)14-11;1-2;/h2-4H,1H3;2-4H,11H2,1H3,(H,12,13,14);1-2H2;1H2. The number of aryl methyl sites for hydroxylation is 2. The first kappa shape index (κ1) is 27.3. The van der Waals surface area contributed by atoms with E-state index in [9.17, 15) is 0 Å². The van der Waals surface area contributed by atoms with Crippen LogP contribution < -0.4 is 23.0 Å². The first-order valence-corrected chi connectivity index (χ1v) is 9.65. The van der Waals surface area contributed by atoms with Crippen LogP contribution >= 0.6 is 34.8 Å². The number of nitrogens with zero attached hydrogens (tertiary/aromatic N) is 4. The Bertz CT molecular complexity index is 1120. The number of halogens is 3. The Hall–Kier alpha value is -2.77. The fourth-order valence-corrected chi connectivity index (χ4v) is 2.82. The molecule has 4 aromatic heterocycles. The molecule has 0 aromatic carbocycles. The molecular formula is C18H21Cl3N8O3. The summed E-state index contributed by atoms with van der Waals surface area (Å²) in [4.78, 5) is 16.1. The first-order chi connectivity index (χ1) is 14.8. The number of aromatic nitrogens is 4. The van der Waals surface area contributed by atoms with Gasteiger partial charge in [-0.3, -0.25) is 11.7 Å². The maximum atomic E-state index is 5.80. The molecule has 0 aliphatic carbocycles. The van der Waals surface area contributed by atoms with Gasteiger partial charge in [0.2, 0.25) is 0 Å². The maximum absolute atomic E-state index is 5.80. The van der Waals surface area contributed by atoms with Gasteiger partial charge in [-0.25, -0.2) is 25.8 Å². The van der Waals surface area contributed by atoms with Gasteiger partial charge in [-0.1, -0.05) is 34.8 Å². The first-order valence-electron chi connectivity index (χ1n) is 8.52. The molecule has 0 saturated carbocycles. The highest BCUT2D eigenvalue weighted by Crippen LogP contribution is 2.23. The van der Waals surface area contributed by atoms with Crippen molar-refractivity contribution in [2.24, 2.45) is 17.5 Å². The number of hydrogen-bond acceptors (Lipinski definition) is 10. The van der Waals surface area contributed by atoms with Crippen molar-refractivity contribution in [2.75, 3.05) is 5.43 Å². The van der Waals surface area contributed by atoms with Gasteiger partial charge < -0.3 is 19.7 Å². The summed E-state index contributed by atoms with van der Waals surface area (Å²) >= 11 is 17.3. The Morgan fingerprint density at radius 3 is 1.50 bits per heavy atom. The van der Waals surface area contributed by atoms with Crippen LogP contribution in [-0.2, 0) is 0 Å². The minimum absolute atomic E-state index is 0. The molecule has 0 saturated heterocycles. The molecule has 4 rings (SSSR count). The molecule has 0 radical (unpaired) electrons. The van der Waals surface area contributed by atoms with Crippen LogP contribution in [0.4, 0.5) is 5.82 Å². The van der Waals surface area contributed by atoms with E-state index in [2.05, 4.69) is 37.0 Å². The molecule has 9 N–H and O–H groups in total. The minimum Gasteiger partial charge on any atom is -0.458 e. The average molecular weight is 504 g/mol. The Labute approximate surface area is 198 Å². The summed E-state index contributed by atoms with van der Waals surface area (Å²) in [6, 6.07) is 10.2. The molecule has 0 aliphatic heterocycles. The number of nitrogens with one attached hydrogen (secondary N) is 1. The molecular weight excluding hydrogens is 483 g/mol. The highest BCUT2D eigenvalue weighted by molar-refractivity contribution is 6.33. The lowest BCUT2D eigenvalue weighted by Crippen LogP contribution is -2.09. The third-order valence-corrected chi connectivity index (χ3v) is 4.01. The van der Waals surface area contributed by atoms with Crippen LogP contribution in [-0.4, -0.2) is 25.4 Å². The van der Waals surface area contributed by atoms with E-state index in [1.807, 2.05) is 26.0 Å². The molecule has 172 valence electrons. The van der Waals surface area contributed by atoms with E-state index in [4.69, 9.17) is 49.5 Å². The largest absolute Gasteiger partial charge is 0.458 e. The van der Waals surface area contributed by atoms with Crippen molar-refractivity contribution in [3.05, 3.63) is 63.4 Å². The summed E-state index contributed by atoms with van der Waals surface area (Å²) in [5.74, 6) is 17.2. The second-order valence-corrected chi connectivity index (χ2v) is 6.86. The third-order valence-electron chi connectivity index (χ3n) is 3.43. The van der Waals surface area contributed by atoms with Crippen molar-refractivity contribution in [3.8, 4) is 23.2 Å². The van der Waals surface area contributed by atoms with Gasteiger partial charge in [0.05, 0.1) is 0 Å². The summed E-state index contributed by atoms with van der Waals surface area (Å²) in [7, 11) is 0. The second kappa shape index (κ2) is 12.9. The highest BCUT2D eigenvalue weighted by atomic mass is 35.5. The Morgan fingerprint density at radius 1 is 0.719 bits per heavy atom. The lowest BCUT2D eigenvalue weighted by molar-refractivity contribution is 0.543. The maximum Gasteiger partial charge on any atom is 0.199 e. The van der Waals surface area contributed by atoms with E-state index in [-0.39, 0.29) is 5.48 Å². The number of hydrazine groups is 2. The van der Waals surface area contributed by atoms with Crippen LogP contribution in [0.15, 0.2) is 45.2 Å². The van der Waals surface area contributed by atoms with E-state index in [1.165, 1.54) is 12.1 Å². The average Bonchev–Trinajstić information content (AvgIpc) is 3.37. The fraction of sp³-hybridized carbons (Fsp3) is 0.111. The normalized spacial score (nSPS) is 9.62. The Morgan fingerprint density at radius 2 is 1.12 bits per heavy atom. The Balaban J connectivity index is 0.000000289. The highest BCUT2D eigenvalue weighted by Gasteiger charge is 2.09. The second-order valence-electron chi connectivity index (χ2n) is 5.70. The number of rotatable bonds is 3. The van der Waals surface area contributed by atoms with Crippen LogP contribution in [0.5, 0.6) is 0 Å². The van der Waals surface area contributed by atoms with Crippen molar-refractivity contribution in [1.29, 1.82) is 0 Å². The van der Waals surface area contributed by atoms with Gasteiger partial charge in [0, 0.05) is 12.1 Å². The molecule has 0 spiro atoms.